The molecule has 0 fully saturated rings. The van der Waals surface area contributed by atoms with E-state index in [1.54, 1.807) is 24.4 Å². The van der Waals surface area contributed by atoms with E-state index in [0.29, 0.717) is 5.69 Å². The Labute approximate surface area is 187 Å². The molecule has 0 N–H and O–H groups in total. The molecule has 1 aromatic carbocycles. The summed E-state index contributed by atoms with van der Waals surface area (Å²) in [4.78, 5) is 11.1. The molecule has 163 valence electrons. The van der Waals surface area contributed by atoms with E-state index in [-0.39, 0.29) is 37.2 Å². The summed E-state index contributed by atoms with van der Waals surface area (Å²) < 4.78 is 62.4. The normalized spacial score (nSPS) is 10.6. The molecule has 0 saturated heterocycles. The van der Waals surface area contributed by atoms with Crippen LogP contribution in [-0.2, 0) is 26.3 Å². The zero-order valence-corrected chi connectivity index (χ0v) is 18.1. The van der Waals surface area contributed by atoms with Crippen LogP contribution in [0, 0.1) is 24.6 Å². The second kappa shape index (κ2) is 10.3. The molecule has 0 bridgehead atoms. The van der Waals surface area contributed by atoms with Crippen LogP contribution in [0.25, 0.3) is 22.8 Å². The molecule has 3 heterocycles. The van der Waals surface area contributed by atoms with Gasteiger partial charge in [-0.2, -0.15) is 13.2 Å². The molecule has 1 radical (unpaired) electrons. The third-order valence-electron chi connectivity index (χ3n) is 3.63. The summed E-state index contributed by atoms with van der Waals surface area (Å²) in [7, 11) is 0. The first-order valence-corrected chi connectivity index (χ1v) is 8.40. The van der Waals surface area contributed by atoms with E-state index < -0.39 is 23.6 Å². The van der Waals surface area contributed by atoms with E-state index in [0.717, 1.165) is 17.7 Å². The van der Waals surface area contributed by atoms with Gasteiger partial charge in [-0.3, -0.25) is 18.9 Å². The van der Waals surface area contributed by atoms with Gasteiger partial charge in [-0.15, -0.1) is 12.1 Å². The van der Waals surface area contributed by atoms with Gasteiger partial charge in [0.1, 0.15) is 5.82 Å². The van der Waals surface area contributed by atoms with Gasteiger partial charge in [-0.1, -0.05) is 29.3 Å². The van der Waals surface area contributed by atoms with Crippen LogP contribution in [-0.4, -0.2) is 20.1 Å². The average molecular weight is 610 g/mol. The van der Waals surface area contributed by atoms with Crippen LogP contribution >= 0.6 is 0 Å². The van der Waals surface area contributed by atoms with Crippen LogP contribution in [0.2, 0.25) is 0 Å². The first-order valence-electron chi connectivity index (χ1n) is 8.40. The number of pyridine rings is 2. The van der Waals surface area contributed by atoms with Crippen molar-refractivity contribution in [3.63, 3.8) is 0 Å². The van der Waals surface area contributed by atoms with E-state index in [4.69, 9.17) is 0 Å². The first-order chi connectivity index (χ1) is 14.2. The Balaban J connectivity index is 0.000000213. The van der Waals surface area contributed by atoms with Crippen LogP contribution in [0.1, 0.15) is 11.4 Å². The largest absolute Gasteiger partial charge is 0.429 e. The molecule has 0 saturated carbocycles. The number of alkyl halides is 3. The maximum Gasteiger partial charge on any atom is 0.429 e. The van der Waals surface area contributed by atoms with Crippen LogP contribution in [0.5, 0.6) is 0 Å². The molecular formula is C20H12F5IrN5-2. The van der Waals surface area contributed by atoms with E-state index in [1.807, 2.05) is 13.0 Å². The molecular weight excluding hydrogens is 597 g/mol. The fourth-order valence-corrected chi connectivity index (χ4v) is 2.28. The smallest absolute Gasteiger partial charge is 0.413 e. The molecule has 0 aliphatic heterocycles. The molecule has 11 heteroatoms. The van der Waals surface area contributed by atoms with Crippen molar-refractivity contribution in [2.45, 2.75) is 13.1 Å². The maximum atomic E-state index is 13.4. The second-order valence-corrected chi connectivity index (χ2v) is 5.93. The third kappa shape index (κ3) is 6.47. The number of rotatable bonds is 2. The molecule has 5 nitrogen and oxygen atoms in total. The van der Waals surface area contributed by atoms with E-state index in [2.05, 4.69) is 31.2 Å². The summed E-state index contributed by atoms with van der Waals surface area (Å²) in [5.41, 5.74) is 1.89. The zero-order valence-electron chi connectivity index (χ0n) is 15.7. The topological polar surface area (TPSA) is 65.7 Å². The van der Waals surface area contributed by atoms with Crippen molar-refractivity contribution < 1.29 is 42.1 Å². The van der Waals surface area contributed by atoms with Crippen molar-refractivity contribution >= 4 is 0 Å². The Morgan fingerprint density at radius 2 is 1.71 bits per heavy atom. The molecule has 0 aliphatic rings. The predicted molar refractivity (Wildman–Crippen MR) is 96.7 cm³/mol. The van der Waals surface area contributed by atoms with Gasteiger partial charge in [-0.05, 0) is 36.6 Å². The summed E-state index contributed by atoms with van der Waals surface area (Å²) in [6, 6.07) is 12.8. The van der Waals surface area contributed by atoms with Gasteiger partial charge in [0, 0.05) is 44.1 Å². The minimum atomic E-state index is -4.57. The summed E-state index contributed by atoms with van der Waals surface area (Å²) in [5, 5.41) is 6.25. The van der Waals surface area contributed by atoms with Crippen molar-refractivity contribution in [3.05, 3.63) is 83.9 Å². The van der Waals surface area contributed by atoms with Crippen molar-refractivity contribution in [3.8, 4) is 22.8 Å². The molecule has 31 heavy (non-hydrogen) atoms. The zero-order chi connectivity index (χ0) is 21.7. The fourth-order valence-electron chi connectivity index (χ4n) is 2.28. The minimum Gasteiger partial charge on any atom is -0.413 e. The van der Waals surface area contributed by atoms with Crippen molar-refractivity contribution in [2.24, 2.45) is 0 Å². The maximum absolute atomic E-state index is 13.4. The van der Waals surface area contributed by atoms with Gasteiger partial charge in [0.25, 0.3) is 0 Å². The Morgan fingerprint density at radius 1 is 0.968 bits per heavy atom. The van der Waals surface area contributed by atoms with Crippen molar-refractivity contribution in [2.75, 3.05) is 0 Å². The SMILES string of the molecule is Cc1ccnc(-c2[c-]cc(F)cc2F)c1.FC(F)(F)c1n[n-]c(-c2ccccn2)n1.[Ir]. The van der Waals surface area contributed by atoms with E-state index in [1.165, 1.54) is 12.3 Å². The number of hydrogen-bond acceptors (Lipinski definition) is 4. The van der Waals surface area contributed by atoms with Gasteiger partial charge in [-0.25, -0.2) is 0 Å². The van der Waals surface area contributed by atoms with Crippen LogP contribution in [0.4, 0.5) is 22.0 Å². The number of hydrogen-bond donors (Lipinski definition) is 0. The molecule has 4 aromatic rings. The Hall–Kier alpha value is -3.04. The van der Waals surface area contributed by atoms with E-state index >= 15 is 0 Å². The molecule has 4 rings (SSSR count). The Bertz CT molecular complexity index is 1130. The van der Waals surface area contributed by atoms with Gasteiger partial charge in [0.05, 0.1) is 5.69 Å². The molecule has 0 aliphatic carbocycles. The quantitative estimate of drug-likeness (QED) is 0.245. The van der Waals surface area contributed by atoms with Crippen LogP contribution in [0.15, 0.2) is 54.9 Å². The summed E-state index contributed by atoms with van der Waals surface area (Å²) in [6.07, 6.45) is -1.54. The molecule has 0 spiro atoms. The van der Waals surface area contributed by atoms with Gasteiger partial charge in [0.2, 0.25) is 0 Å². The second-order valence-electron chi connectivity index (χ2n) is 5.93. The van der Waals surface area contributed by atoms with Gasteiger partial charge < -0.3 is 15.1 Å². The molecule has 0 amide bonds. The number of benzene rings is 1. The predicted octanol–water partition coefficient (Wildman–Crippen LogP) is 4.65. The van der Waals surface area contributed by atoms with Crippen LogP contribution < -0.4 is 5.10 Å². The number of aromatic nitrogens is 5. The number of aryl methyl sites for hydroxylation is 1. The molecule has 0 unspecified atom stereocenters. The summed E-state index contributed by atoms with van der Waals surface area (Å²) in [6.45, 7) is 1.88. The first kappa shape index (κ1) is 24.2. The standard InChI is InChI=1S/C12H8F2N.C8H4F3N4.Ir/c1-8-4-5-15-12(6-8)10-3-2-9(13)7-11(10)14;9-8(10,11)7-13-6(14-15-7)5-3-1-2-4-12-5;/h2,4-7H,1H3;1-4H;/q2*-1;. The molecule has 0 atom stereocenters. The molecule has 3 aromatic heterocycles. The fraction of sp³-hybridized carbons (Fsp3) is 0.100. The Morgan fingerprint density at radius 3 is 2.29 bits per heavy atom. The van der Waals surface area contributed by atoms with Gasteiger partial charge in [0.15, 0.2) is 0 Å². The van der Waals surface area contributed by atoms with Crippen molar-refractivity contribution in [1.82, 2.24) is 25.1 Å². The third-order valence-corrected chi connectivity index (χ3v) is 3.63. The van der Waals surface area contributed by atoms with Gasteiger partial charge >= 0.3 is 6.18 Å². The average Bonchev–Trinajstić information content (AvgIpc) is 3.20. The Kier molecular flexibility index (Phi) is 8.07. The number of halogens is 5. The van der Waals surface area contributed by atoms with Crippen molar-refractivity contribution in [1.29, 1.82) is 0 Å². The minimum absolute atomic E-state index is 0. The van der Waals surface area contributed by atoms with Crippen LogP contribution in [0.3, 0.4) is 0 Å². The van der Waals surface area contributed by atoms with E-state index in [9.17, 15) is 22.0 Å². The monoisotopic (exact) mass is 610 g/mol. The number of nitrogens with zero attached hydrogens (tertiary/aromatic N) is 5. The summed E-state index contributed by atoms with van der Waals surface area (Å²) in [5.74, 6) is -2.65. The summed E-state index contributed by atoms with van der Waals surface area (Å²) >= 11 is 0.